The third-order valence-electron chi connectivity index (χ3n) is 1.60. The van der Waals surface area contributed by atoms with Gasteiger partial charge in [-0.05, 0) is 0 Å². The van der Waals surface area contributed by atoms with Gasteiger partial charge in [0.25, 0.3) is 0 Å². The van der Waals surface area contributed by atoms with E-state index in [1.54, 1.807) is 0 Å². The number of pyridine rings is 1. The molecule has 0 aliphatic carbocycles. The first-order valence-corrected chi connectivity index (χ1v) is 3.83. The van der Waals surface area contributed by atoms with E-state index in [2.05, 4.69) is 40.1 Å². The van der Waals surface area contributed by atoms with Gasteiger partial charge in [-0.1, -0.05) is 0 Å². The molecule has 0 aromatic carbocycles. The van der Waals surface area contributed by atoms with Crippen molar-refractivity contribution in [3.63, 3.8) is 0 Å². The number of hydrogen-bond donors (Lipinski definition) is 2. The Kier molecular flexibility index (Phi) is 10.00. The molecule has 1 aromatic rings. The van der Waals surface area contributed by atoms with Crippen molar-refractivity contribution < 1.29 is 45.7 Å². The second kappa shape index (κ2) is 8.47. The Morgan fingerprint density at radius 1 is 1.38 bits per heavy atom. The molecule has 0 unspecified atom stereocenters. The van der Waals surface area contributed by atoms with E-state index >= 15 is 0 Å². The smallest absolute Gasteiger partial charge is 0.196 e. The Bertz CT molecular complexity index is 218. The van der Waals surface area contributed by atoms with Gasteiger partial charge in [0.1, 0.15) is 6.54 Å². The molecule has 0 aliphatic heterocycles. The molecule has 1 heterocycles. The van der Waals surface area contributed by atoms with Gasteiger partial charge in [-0.2, -0.15) is 4.57 Å². The predicted octanol–water partition coefficient (Wildman–Crippen LogP) is -6.49. The minimum absolute atomic E-state index is 0. The first-order valence-electron chi connectivity index (χ1n) is 3.83. The second-order valence-corrected chi connectivity index (χ2v) is 2.43. The molecule has 0 aliphatic rings. The minimum Gasteiger partial charge on any atom is -1.00 e. The van der Waals surface area contributed by atoms with Crippen LogP contribution in [-0.4, -0.2) is 13.6 Å². The number of hydrogen-bond acceptors (Lipinski definition) is 1. The van der Waals surface area contributed by atoms with Crippen molar-refractivity contribution >= 4 is 5.69 Å². The zero-order valence-electron chi connectivity index (χ0n) is 7.63. The van der Waals surface area contributed by atoms with E-state index in [4.69, 9.17) is 0 Å². The zero-order valence-corrected chi connectivity index (χ0v) is 10.8. The molecule has 0 fully saturated rings. The highest BCUT2D eigenvalue weighted by Gasteiger charge is 1.97. The number of anilines is 1. The summed E-state index contributed by atoms with van der Waals surface area (Å²) in [5, 5.41) is 3.07. The lowest BCUT2D eigenvalue weighted by molar-refractivity contribution is -0.711. The van der Waals surface area contributed by atoms with E-state index in [1.807, 2.05) is 7.05 Å². The Labute approximate surface area is 101 Å². The minimum atomic E-state index is 0. The van der Waals surface area contributed by atoms with Crippen LogP contribution in [0, 0.1) is 0 Å². The Morgan fingerprint density at radius 3 is 2.31 bits per heavy atom. The summed E-state index contributed by atoms with van der Waals surface area (Å²) in [6.45, 7) is 1.92. The standard InChI is InChI=1S/C8H13N3.2BrH.H2/c1-10-8-2-5-11(6-3-8)7-4-9;;;/h2-3,5-6H,4,7,9H2,1H3;3*1H. The Morgan fingerprint density at radius 2 is 1.92 bits per heavy atom. The summed E-state index contributed by atoms with van der Waals surface area (Å²) in [5.41, 5.74) is 4.93. The summed E-state index contributed by atoms with van der Waals surface area (Å²) in [7, 11) is 1.92. The molecule has 0 saturated heterocycles. The lowest BCUT2D eigenvalue weighted by Gasteiger charge is -1.96. The topological polar surface area (TPSA) is 43.5 Å². The van der Waals surface area contributed by atoms with Crippen molar-refractivity contribution in [2.75, 3.05) is 18.9 Å². The molecule has 13 heavy (non-hydrogen) atoms. The van der Waals surface area contributed by atoms with E-state index < -0.39 is 0 Å². The average Bonchev–Trinajstić information content (AvgIpc) is 2.07. The van der Waals surface area contributed by atoms with Crippen LogP contribution in [0.5, 0.6) is 0 Å². The van der Waals surface area contributed by atoms with Crippen LogP contribution in [0.2, 0.25) is 0 Å². The monoisotopic (exact) mass is 313 g/mol. The van der Waals surface area contributed by atoms with Crippen molar-refractivity contribution in [1.82, 2.24) is 0 Å². The van der Waals surface area contributed by atoms with Crippen LogP contribution in [0.3, 0.4) is 0 Å². The van der Waals surface area contributed by atoms with Crippen molar-refractivity contribution in [1.29, 1.82) is 0 Å². The molecule has 1 aromatic heterocycles. The largest absolute Gasteiger partial charge is 1.00 e. The van der Waals surface area contributed by atoms with E-state index in [0.717, 1.165) is 18.8 Å². The Balaban J connectivity index is -0.000000403. The third kappa shape index (κ3) is 5.23. The number of rotatable bonds is 3. The lowest BCUT2D eigenvalue weighted by atomic mass is 10.4. The lowest BCUT2D eigenvalue weighted by Crippen LogP contribution is -3.00. The third-order valence-corrected chi connectivity index (χ3v) is 1.60. The van der Waals surface area contributed by atoms with Crippen molar-refractivity contribution in [3.05, 3.63) is 24.5 Å². The molecule has 0 atom stereocenters. The molecule has 3 nitrogen and oxygen atoms in total. The van der Waals surface area contributed by atoms with Gasteiger partial charge in [-0.15, -0.1) is 0 Å². The van der Waals surface area contributed by atoms with Gasteiger partial charge < -0.3 is 45.0 Å². The summed E-state index contributed by atoms with van der Waals surface area (Å²) in [4.78, 5) is 0. The maximum absolute atomic E-state index is 3.79. The first kappa shape index (κ1) is 15.3. The molecule has 1 rings (SSSR count). The quantitative estimate of drug-likeness (QED) is 0.536. The van der Waals surface area contributed by atoms with E-state index in [0.29, 0.717) is 0 Å². The number of quaternary nitrogens is 1. The Hall–Kier alpha value is -0.130. The van der Waals surface area contributed by atoms with Crippen molar-refractivity contribution in [2.45, 2.75) is 6.54 Å². The first-order chi connectivity index (χ1) is 5.36. The molecule has 0 bridgehead atoms. The van der Waals surface area contributed by atoms with Crippen LogP contribution in [-0.2, 0) is 6.54 Å². The summed E-state index contributed by atoms with van der Waals surface area (Å²) >= 11 is 0. The van der Waals surface area contributed by atoms with Crippen LogP contribution in [0.15, 0.2) is 24.5 Å². The van der Waals surface area contributed by atoms with Crippen LogP contribution in [0.4, 0.5) is 5.69 Å². The summed E-state index contributed by atoms with van der Waals surface area (Å²) in [5.74, 6) is 0. The molecule has 0 spiro atoms. The molecular weight excluding hydrogens is 298 g/mol. The highest BCUT2D eigenvalue weighted by atomic mass is 79.9. The predicted molar refractivity (Wildman–Crippen MR) is 46.1 cm³/mol. The molecule has 0 saturated carbocycles. The highest BCUT2D eigenvalue weighted by molar-refractivity contribution is 5.38. The fraction of sp³-hybridized carbons (Fsp3) is 0.375. The summed E-state index contributed by atoms with van der Waals surface area (Å²) in [6.07, 6.45) is 4.11. The molecule has 5 heteroatoms. The van der Waals surface area contributed by atoms with Gasteiger partial charge in [-0.3, -0.25) is 0 Å². The zero-order chi connectivity index (χ0) is 8.10. The van der Waals surface area contributed by atoms with Crippen LogP contribution in [0.25, 0.3) is 0 Å². The van der Waals surface area contributed by atoms with Crippen molar-refractivity contribution in [2.24, 2.45) is 0 Å². The van der Waals surface area contributed by atoms with Crippen LogP contribution in [0.1, 0.15) is 1.43 Å². The number of nitrogens with one attached hydrogen (secondary N) is 1. The van der Waals surface area contributed by atoms with E-state index in [-0.39, 0.29) is 35.4 Å². The van der Waals surface area contributed by atoms with E-state index in [9.17, 15) is 0 Å². The number of aromatic nitrogens is 1. The van der Waals surface area contributed by atoms with E-state index in [1.165, 1.54) is 0 Å². The normalized spacial score (nSPS) is 8.15. The number of nitrogens with zero attached hydrogens (tertiary/aromatic N) is 1. The SMILES string of the molecule is CNc1cc[n+](CC[NH3+])cc1.[Br-].[Br-].[HH]. The van der Waals surface area contributed by atoms with Crippen LogP contribution < -0.4 is 49.6 Å². The molecule has 4 N–H and O–H groups in total. The van der Waals surface area contributed by atoms with Gasteiger partial charge in [0.2, 0.25) is 0 Å². The van der Waals surface area contributed by atoms with Gasteiger partial charge >= 0.3 is 0 Å². The molecule has 0 radical (unpaired) electrons. The van der Waals surface area contributed by atoms with Gasteiger partial charge in [0.05, 0.1) is 0 Å². The fourth-order valence-corrected chi connectivity index (χ4v) is 0.956. The number of halogens is 2. The maximum atomic E-state index is 3.79. The van der Waals surface area contributed by atoms with Crippen LogP contribution >= 0.6 is 0 Å². The summed E-state index contributed by atoms with van der Waals surface area (Å²) < 4.78 is 2.12. The fourth-order valence-electron chi connectivity index (χ4n) is 0.956. The average molecular weight is 315 g/mol. The second-order valence-electron chi connectivity index (χ2n) is 2.43. The van der Waals surface area contributed by atoms with Gasteiger partial charge in [0, 0.05) is 26.3 Å². The van der Waals surface area contributed by atoms with Gasteiger partial charge in [-0.25, -0.2) is 0 Å². The molecule has 0 amide bonds. The molecular formula is C8H17Br2N3. The highest BCUT2D eigenvalue weighted by Crippen LogP contribution is 1.98. The summed E-state index contributed by atoms with van der Waals surface area (Å²) in [6, 6.07) is 4.10. The van der Waals surface area contributed by atoms with Crippen molar-refractivity contribution in [3.8, 4) is 0 Å². The molecule has 78 valence electrons. The maximum Gasteiger partial charge on any atom is 0.196 e. The van der Waals surface area contributed by atoms with Gasteiger partial charge in [0.15, 0.2) is 18.9 Å².